The van der Waals surface area contributed by atoms with Gasteiger partial charge in [0.2, 0.25) is 0 Å². The standard InChI is InChI=1S/C12H11P.C9H12.CHF3O3S/c1-3-7-11(8-4-1)13-12-9-5-2-6-10-12;1-7-4-8(2)6-9(3)5-7;2-1(3,4)8(5,6)7/h1-10,13H;4-6H,1-3H3;(H,5,6,7). The Morgan fingerprint density at radius 1 is 0.700 bits per heavy atom. The first-order chi connectivity index (χ1) is 13.9. The van der Waals surface area contributed by atoms with Crippen LogP contribution in [0.4, 0.5) is 13.2 Å². The zero-order valence-corrected chi connectivity index (χ0v) is 18.6. The minimum absolute atomic E-state index is 0.777. The molecule has 0 aliphatic heterocycles. The van der Waals surface area contributed by atoms with Crippen LogP contribution in [0.2, 0.25) is 0 Å². The lowest BCUT2D eigenvalue weighted by Gasteiger charge is -2.00. The molecule has 0 fully saturated rings. The van der Waals surface area contributed by atoms with Crippen molar-refractivity contribution in [1.82, 2.24) is 0 Å². The Hall–Kier alpha value is -2.21. The summed E-state index contributed by atoms with van der Waals surface area (Å²) < 4.78 is 57.5. The van der Waals surface area contributed by atoms with Crippen molar-refractivity contribution in [3.05, 3.63) is 95.6 Å². The zero-order valence-electron chi connectivity index (χ0n) is 16.8. The summed E-state index contributed by atoms with van der Waals surface area (Å²) in [5.74, 6) is 0. The van der Waals surface area contributed by atoms with Gasteiger partial charge in [-0.15, -0.1) is 0 Å². The first kappa shape index (κ1) is 25.8. The molecule has 3 aromatic rings. The summed E-state index contributed by atoms with van der Waals surface area (Å²) in [5, 5.41) is 2.79. The molecule has 0 bridgehead atoms. The molecule has 3 aromatic carbocycles. The number of hydrogen-bond acceptors (Lipinski definition) is 2. The Balaban J connectivity index is 0.000000236. The number of alkyl halides is 3. The maximum Gasteiger partial charge on any atom is 0.522 e. The first-order valence-electron chi connectivity index (χ1n) is 8.84. The average molecular weight is 456 g/mol. The molecule has 0 amide bonds. The third-order valence-corrected chi connectivity index (χ3v) is 5.32. The van der Waals surface area contributed by atoms with Crippen LogP contribution < -0.4 is 10.6 Å². The van der Waals surface area contributed by atoms with Crippen LogP contribution in [0.25, 0.3) is 0 Å². The van der Waals surface area contributed by atoms with Crippen LogP contribution in [0.15, 0.2) is 78.9 Å². The van der Waals surface area contributed by atoms with Gasteiger partial charge in [0.1, 0.15) is 0 Å². The summed E-state index contributed by atoms with van der Waals surface area (Å²) in [6, 6.07) is 27.7. The molecule has 0 saturated carbocycles. The van der Waals surface area contributed by atoms with Crippen molar-refractivity contribution < 1.29 is 26.1 Å². The summed E-state index contributed by atoms with van der Waals surface area (Å²) >= 11 is 0. The third kappa shape index (κ3) is 10.5. The van der Waals surface area contributed by atoms with E-state index in [2.05, 4.69) is 99.6 Å². The van der Waals surface area contributed by atoms with E-state index in [1.54, 1.807) is 0 Å². The van der Waals surface area contributed by atoms with Gasteiger partial charge in [-0.25, -0.2) is 0 Å². The second kappa shape index (κ2) is 11.8. The number of hydrogen-bond donors (Lipinski definition) is 1. The molecular formula is C22H24F3O3PS. The van der Waals surface area contributed by atoms with Crippen molar-refractivity contribution in [3.63, 3.8) is 0 Å². The van der Waals surface area contributed by atoms with Gasteiger partial charge in [-0.3, -0.25) is 4.55 Å². The summed E-state index contributed by atoms with van der Waals surface area (Å²) in [7, 11) is -5.06. The van der Waals surface area contributed by atoms with Gasteiger partial charge in [-0.2, -0.15) is 21.6 Å². The molecule has 0 saturated heterocycles. The van der Waals surface area contributed by atoms with Gasteiger partial charge >= 0.3 is 15.6 Å². The fraction of sp³-hybridized carbons (Fsp3) is 0.182. The van der Waals surface area contributed by atoms with Gasteiger partial charge in [0, 0.05) is 0 Å². The molecule has 8 heteroatoms. The second-order valence-electron chi connectivity index (χ2n) is 6.44. The van der Waals surface area contributed by atoms with Crippen molar-refractivity contribution in [1.29, 1.82) is 0 Å². The highest BCUT2D eigenvalue weighted by Crippen LogP contribution is 2.20. The topological polar surface area (TPSA) is 54.4 Å². The Labute approximate surface area is 177 Å². The number of halogens is 3. The number of rotatable bonds is 2. The maximum absolute atomic E-state index is 10.7. The molecule has 0 aromatic heterocycles. The Morgan fingerprint density at radius 3 is 1.20 bits per heavy atom. The SMILES string of the molecule is Cc1cc(C)cc(C)c1.O=S(=O)(O)C(F)(F)F.c1ccc(Pc2ccccc2)cc1. The smallest absolute Gasteiger partial charge is 0.279 e. The van der Waals surface area contributed by atoms with Crippen LogP contribution in [-0.2, 0) is 10.1 Å². The Morgan fingerprint density at radius 2 is 0.967 bits per heavy atom. The lowest BCUT2D eigenvalue weighted by Crippen LogP contribution is -2.21. The molecule has 0 radical (unpaired) electrons. The molecule has 0 aliphatic carbocycles. The Kier molecular flexibility index (Phi) is 10.2. The van der Waals surface area contributed by atoms with Gasteiger partial charge in [0.15, 0.2) is 0 Å². The average Bonchev–Trinajstić information content (AvgIpc) is 2.62. The Bertz CT molecular complexity index is 919. The van der Waals surface area contributed by atoms with Crippen LogP contribution in [0.3, 0.4) is 0 Å². The molecule has 3 nitrogen and oxygen atoms in total. The lowest BCUT2D eigenvalue weighted by atomic mass is 10.1. The zero-order chi connectivity index (χ0) is 22.8. The highest BCUT2D eigenvalue weighted by Gasteiger charge is 2.44. The van der Waals surface area contributed by atoms with E-state index in [0.29, 0.717) is 0 Å². The third-order valence-electron chi connectivity index (χ3n) is 3.49. The van der Waals surface area contributed by atoms with Gasteiger partial charge in [-0.1, -0.05) is 104 Å². The summed E-state index contributed by atoms with van der Waals surface area (Å²) in [6.45, 7) is 6.38. The second-order valence-corrected chi connectivity index (χ2v) is 9.26. The molecule has 0 atom stereocenters. The van der Waals surface area contributed by atoms with Gasteiger partial charge in [0.05, 0.1) is 0 Å². The molecule has 0 heterocycles. The molecule has 0 aliphatic rings. The van der Waals surface area contributed by atoms with Crippen molar-refractivity contribution in [2.24, 2.45) is 0 Å². The predicted molar refractivity (Wildman–Crippen MR) is 119 cm³/mol. The van der Waals surface area contributed by atoms with Crippen molar-refractivity contribution >= 4 is 29.3 Å². The summed E-state index contributed by atoms with van der Waals surface area (Å²) in [6.07, 6.45) is 0. The molecule has 0 spiro atoms. The van der Waals surface area contributed by atoms with Gasteiger partial charge in [-0.05, 0) is 31.4 Å². The number of benzene rings is 3. The fourth-order valence-corrected chi connectivity index (χ4v) is 3.46. The number of aryl methyl sites for hydroxylation is 3. The highest BCUT2D eigenvalue weighted by molar-refractivity contribution is 7.86. The van der Waals surface area contributed by atoms with E-state index in [1.165, 1.54) is 27.3 Å². The van der Waals surface area contributed by atoms with E-state index in [-0.39, 0.29) is 0 Å². The summed E-state index contributed by atoms with van der Waals surface area (Å²) in [4.78, 5) is 0. The van der Waals surface area contributed by atoms with Crippen LogP contribution >= 0.6 is 8.58 Å². The van der Waals surface area contributed by atoms with E-state index in [0.717, 1.165) is 8.58 Å². The molecule has 1 N–H and O–H groups in total. The van der Waals surface area contributed by atoms with Crippen LogP contribution in [0, 0.1) is 20.8 Å². The van der Waals surface area contributed by atoms with E-state index in [9.17, 15) is 13.2 Å². The lowest BCUT2D eigenvalue weighted by molar-refractivity contribution is -0.0510. The minimum Gasteiger partial charge on any atom is -0.279 e. The predicted octanol–water partition coefficient (Wildman–Crippen LogP) is 5.32. The van der Waals surface area contributed by atoms with Crippen molar-refractivity contribution in [2.75, 3.05) is 0 Å². The molecule has 0 unspecified atom stereocenters. The monoisotopic (exact) mass is 456 g/mol. The van der Waals surface area contributed by atoms with Crippen LogP contribution in [-0.4, -0.2) is 18.5 Å². The molecule has 30 heavy (non-hydrogen) atoms. The van der Waals surface area contributed by atoms with Crippen LogP contribution in [0.5, 0.6) is 0 Å². The van der Waals surface area contributed by atoms with E-state index in [1.807, 2.05) is 0 Å². The highest BCUT2D eigenvalue weighted by atomic mass is 32.2. The van der Waals surface area contributed by atoms with E-state index < -0.39 is 15.6 Å². The van der Waals surface area contributed by atoms with Crippen LogP contribution in [0.1, 0.15) is 16.7 Å². The molecule has 162 valence electrons. The molecule has 3 rings (SSSR count). The van der Waals surface area contributed by atoms with Gasteiger partial charge in [0.25, 0.3) is 0 Å². The van der Waals surface area contributed by atoms with Crippen molar-refractivity contribution in [2.45, 2.75) is 26.3 Å². The minimum atomic E-state index is -5.84. The largest absolute Gasteiger partial charge is 0.522 e. The van der Waals surface area contributed by atoms with Gasteiger partial charge < -0.3 is 0 Å². The van der Waals surface area contributed by atoms with E-state index in [4.69, 9.17) is 13.0 Å². The fourth-order valence-electron chi connectivity index (χ4n) is 2.41. The maximum atomic E-state index is 10.7. The quantitative estimate of drug-likeness (QED) is 0.323. The summed E-state index contributed by atoms with van der Waals surface area (Å²) in [5.41, 5.74) is -1.47. The first-order valence-corrected chi connectivity index (χ1v) is 11.3. The van der Waals surface area contributed by atoms with E-state index >= 15 is 0 Å². The van der Waals surface area contributed by atoms with Crippen molar-refractivity contribution in [3.8, 4) is 0 Å². The molecular weight excluding hydrogens is 432 g/mol. The normalized spacial score (nSPS) is 10.9.